The van der Waals surface area contributed by atoms with E-state index in [1.54, 1.807) is 48.5 Å². The van der Waals surface area contributed by atoms with Gasteiger partial charge < -0.3 is 4.90 Å². The van der Waals surface area contributed by atoms with E-state index in [1.165, 1.54) is 29.2 Å². The summed E-state index contributed by atoms with van der Waals surface area (Å²) in [7, 11) is -4.22. The molecular formula is C23H16BrFN2O4S. The van der Waals surface area contributed by atoms with Crippen molar-refractivity contribution in [2.75, 3.05) is 15.6 Å². The van der Waals surface area contributed by atoms with Gasteiger partial charge in [-0.25, -0.2) is 12.8 Å². The van der Waals surface area contributed by atoms with Gasteiger partial charge in [0, 0.05) is 15.7 Å². The Labute approximate surface area is 192 Å². The molecule has 6 nitrogen and oxygen atoms in total. The molecule has 0 aliphatic carbocycles. The second-order valence-corrected chi connectivity index (χ2v) is 10.7. The van der Waals surface area contributed by atoms with Gasteiger partial charge >= 0.3 is 0 Å². The third kappa shape index (κ3) is 2.84. The van der Waals surface area contributed by atoms with Gasteiger partial charge in [0.15, 0.2) is 9.84 Å². The number of para-hydroxylation sites is 1. The first kappa shape index (κ1) is 20.8. The van der Waals surface area contributed by atoms with Crippen molar-refractivity contribution in [1.29, 1.82) is 0 Å². The van der Waals surface area contributed by atoms with Crippen LogP contribution in [-0.4, -0.2) is 26.0 Å². The maximum atomic E-state index is 13.9. The molecule has 0 radical (unpaired) electrons. The van der Waals surface area contributed by atoms with Crippen LogP contribution >= 0.6 is 15.9 Å². The largest absolute Gasteiger partial charge is 0.304 e. The quantitative estimate of drug-likeness (QED) is 0.533. The molecule has 1 spiro atoms. The lowest BCUT2D eigenvalue weighted by Gasteiger charge is -2.32. The van der Waals surface area contributed by atoms with Crippen LogP contribution in [0.25, 0.3) is 0 Å². The maximum absolute atomic E-state index is 13.9. The highest BCUT2D eigenvalue weighted by Gasteiger charge is 2.69. The Bertz CT molecular complexity index is 1360. The minimum atomic E-state index is -4.22. The Morgan fingerprint density at radius 2 is 1.59 bits per heavy atom. The number of carbonyl (C=O) groups is 2. The molecule has 3 aromatic carbocycles. The molecule has 1 saturated heterocycles. The van der Waals surface area contributed by atoms with Crippen LogP contribution in [0.3, 0.4) is 0 Å². The fraction of sp³-hybridized carbons (Fsp3) is 0.130. The van der Waals surface area contributed by atoms with Crippen LogP contribution in [0.1, 0.15) is 11.1 Å². The zero-order valence-corrected chi connectivity index (χ0v) is 18.9. The molecule has 9 heteroatoms. The zero-order chi connectivity index (χ0) is 22.7. The molecule has 0 saturated carbocycles. The average molecular weight is 515 g/mol. The first-order chi connectivity index (χ1) is 15.3. The van der Waals surface area contributed by atoms with E-state index in [-0.39, 0.29) is 12.1 Å². The van der Waals surface area contributed by atoms with Crippen molar-refractivity contribution in [2.45, 2.75) is 11.4 Å². The number of carbonyl (C=O) groups excluding carboxylic acids is 2. The molecule has 1 fully saturated rings. The summed E-state index contributed by atoms with van der Waals surface area (Å²) in [5.74, 6) is -2.58. The molecule has 0 bridgehead atoms. The van der Waals surface area contributed by atoms with E-state index in [1.807, 2.05) is 0 Å². The van der Waals surface area contributed by atoms with Crippen molar-refractivity contribution >= 4 is 49.0 Å². The molecule has 0 N–H and O–H groups in total. The van der Waals surface area contributed by atoms with Crippen LogP contribution in [0.4, 0.5) is 15.8 Å². The van der Waals surface area contributed by atoms with E-state index in [4.69, 9.17) is 0 Å². The zero-order valence-electron chi connectivity index (χ0n) is 16.5. The highest BCUT2D eigenvalue weighted by atomic mass is 79.9. The summed E-state index contributed by atoms with van der Waals surface area (Å²) in [6.45, 7) is 0.0375. The summed E-state index contributed by atoms with van der Waals surface area (Å²) in [4.78, 5) is 27.2. The van der Waals surface area contributed by atoms with Gasteiger partial charge in [0.1, 0.15) is 11.6 Å². The van der Waals surface area contributed by atoms with Crippen LogP contribution in [0.2, 0.25) is 0 Å². The Morgan fingerprint density at radius 3 is 2.28 bits per heavy atom. The molecule has 3 aromatic rings. The van der Waals surface area contributed by atoms with E-state index in [0.29, 0.717) is 16.9 Å². The van der Waals surface area contributed by atoms with Crippen LogP contribution in [0.15, 0.2) is 77.3 Å². The van der Waals surface area contributed by atoms with Gasteiger partial charge in [0.2, 0.25) is 5.91 Å². The average Bonchev–Trinajstić information content (AvgIpc) is 3.13. The van der Waals surface area contributed by atoms with Gasteiger partial charge in [-0.1, -0.05) is 46.3 Å². The standard InChI is InChI=1S/C23H16BrFN2O4S/c24-16-7-11-18(12-8-16)27-21(28)14-32(30,31)23(27)19-3-1-2-4-20(19)26(22(23)29)13-15-5-9-17(25)10-6-15/h1-12H,13-14H2. The predicted octanol–water partition coefficient (Wildman–Crippen LogP) is 3.75. The smallest absolute Gasteiger partial charge is 0.274 e. The summed E-state index contributed by atoms with van der Waals surface area (Å²) in [5.41, 5.74) is 1.58. The normalized spacial score (nSPS) is 21.4. The Hall–Kier alpha value is -3.04. The number of sulfone groups is 1. The van der Waals surface area contributed by atoms with E-state index < -0.39 is 38.1 Å². The fourth-order valence-corrected chi connectivity index (χ4v) is 6.71. The minimum Gasteiger partial charge on any atom is -0.304 e. The SMILES string of the molecule is O=C1CS(=O)(=O)C2(C(=O)N(Cc3ccc(F)cc3)c3ccccc32)N1c1ccc(Br)cc1. The molecule has 5 rings (SSSR count). The number of fused-ring (bicyclic) bond motifs is 2. The third-order valence-electron chi connectivity index (χ3n) is 5.76. The first-order valence-corrected chi connectivity index (χ1v) is 12.2. The van der Waals surface area contributed by atoms with Gasteiger partial charge in [-0.05, 0) is 48.0 Å². The molecule has 1 atom stereocenters. The molecule has 2 aliphatic rings. The van der Waals surface area contributed by atoms with E-state index in [0.717, 1.165) is 9.37 Å². The second kappa shape index (κ2) is 7.25. The third-order valence-corrected chi connectivity index (χ3v) is 8.39. The minimum absolute atomic E-state index is 0.0375. The topological polar surface area (TPSA) is 74.8 Å². The highest BCUT2D eigenvalue weighted by Crippen LogP contribution is 2.52. The molecular weight excluding hydrogens is 499 g/mol. The highest BCUT2D eigenvalue weighted by molar-refractivity contribution is 9.10. The maximum Gasteiger partial charge on any atom is 0.274 e. The van der Waals surface area contributed by atoms with Gasteiger partial charge in [0.25, 0.3) is 10.8 Å². The fourth-order valence-electron chi connectivity index (χ4n) is 4.41. The van der Waals surface area contributed by atoms with E-state index in [9.17, 15) is 22.4 Å². The van der Waals surface area contributed by atoms with Crippen molar-refractivity contribution < 1.29 is 22.4 Å². The molecule has 2 aliphatic heterocycles. The Kier molecular flexibility index (Phi) is 4.72. The van der Waals surface area contributed by atoms with Crippen molar-refractivity contribution in [3.63, 3.8) is 0 Å². The van der Waals surface area contributed by atoms with Crippen molar-refractivity contribution in [3.8, 4) is 0 Å². The molecule has 162 valence electrons. The van der Waals surface area contributed by atoms with Gasteiger partial charge in [0.05, 0.1) is 12.2 Å². The lowest BCUT2D eigenvalue weighted by Crippen LogP contribution is -2.54. The van der Waals surface area contributed by atoms with E-state index >= 15 is 0 Å². The van der Waals surface area contributed by atoms with Crippen LogP contribution < -0.4 is 9.80 Å². The van der Waals surface area contributed by atoms with Crippen molar-refractivity contribution in [3.05, 3.63) is 94.2 Å². The number of nitrogens with zero attached hydrogens (tertiary/aromatic N) is 2. The Balaban J connectivity index is 1.72. The van der Waals surface area contributed by atoms with E-state index in [2.05, 4.69) is 15.9 Å². The number of benzene rings is 3. The summed E-state index contributed by atoms with van der Waals surface area (Å²) in [6, 6.07) is 18.8. The van der Waals surface area contributed by atoms with Gasteiger partial charge in [-0.2, -0.15) is 0 Å². The van der Waals surface area contributed by atoms with Gasteiger partial charge in [-0.3, -0.25) is 14.5 Å². The van der Waals surface area contributed by atoms with Crippen LogP contribution in [-0.2, 0) is 30.8 Å². The summed E-state index contributed by atoms with van der Waals surface area (Å²) in [6.07, 6.45) is 0. The van der Waals surface area contributed by atoms with Crippen LogP contribution in [0, 0.1) is 5.82 Å². The number of anilines is 2. The van der Waals surface area contributed by atoms with Gasteiger partial charge in [-0.15, -0.1) is 0 Å². The lowest BCUT2D eigenvalue weighted by molar-refractivity contribution is -0.123. The molecule has 2 heterocycles. The van der Waals surface area contributed by atoms with Crippen molar-refractivity contribution in [2.24, 2.45) is 0 Å². The lowest BCUT2D eigenvalue weighted by atomic mass is 10.0. The summed E-state index contributed by atoms with van der Waals surface area (Å²) < 4.78 is 41.1. The number of amides is 2. The number of hydrogen-bond acceptors (Lipinski definition) is 4. The second-order valence-electron chi connectivity index (χ2n) is 7.64. The monoisotopic (exact) mass is 514 g/mol. The predicted molar refractivity (Wildman–Crippen MR) is 121 cm³/mol. The first-order valence-electron chi connectivity index (χ1n) is 9.72. The molecule has 1 unspecified atom stereocenters. The molecule has 32 heavy (non-hydrogen) atoms. The Morgan fingerprint density at radius 1 is 0.938 bits per heavy atom. The number of rotatable bonds is 3. The number of hydrogen-bond donors (Lipinski definition) is 0. The van der Waals surface area contributed by atoms with Crippen molar-refractivity contribution in [1.82, 2.24) is 0 Å². The van der Waals surface area contributed by atoms with Crippen LogP contribution in [0.5, 0.6) is 0 Å². The summed E-state index contributed by atoms with van der Waals surface area (Å²) in [5, 5.41) is 0. The number of halogens is 2. The summed E-state index contributed by atoms with van der Waals surface area (Å²) >= 11 is 3.33. The molecule has 2 amide bonds. The molecule has 0 aromatic heterocycles.